The molecule has 5 fully saturated rings. The SMILES string of the molecule is CC(=O)OC[C@H]1O[C@@H](n2cc(CNC(=O)[C@]34CCC(C)(C)C[C@H]3C3=CC[C@@H]5[C@@]6(C)CC[C@H](O)C(C)(C)[C@@H]6CC[C@@]5(C)[C@]3(C)C[C@H]4O)nn2)[C@H](OC(C)=O)[C@@H](OC(C)=O)[C@@H]1OC(C)=O. The molecule has 1 aromatic rings. The van der Waals surface area contributed by atoms with E-state index >= 15 is 0 Å². The molecule has 16 heteroatoms. The van der Waals surface area contributed by atoms with Crippen LogP contribution in [0.5, 0.6) is 0 Å². The van der Waals surface area contributed by atoms with E-state index in [9.17, 15) is 34.2 Å². The average molecular weight is 883 g/mol. The van der Waals surface area contributed by atoms with Crippen molar-refractivity contribution in [3.8, 4) is 0 Å². The van der Waals surface area contributed by atoms with Crippen molar-refractivity contribution in [3.63, 3.8) is 0 Å². The van der Waals surface area contributed by atoms with Crippen LogP contribution < -0.4 is 5.32 Å². The van der Waals surface area contributed by atoms with Gasteiger partial charge in [-0.05, 0) is 103 Å². The van der Waals surface area contributed by atoms with Crippen molar-refractivity contribution in [2.45, 2.75) is 183 Å². The van der Waals surface area contributed by atoms with Gasteiger partial charge in [0.05, 0.1) is 30.4 Å². The maximum Gasteiger partial charge on any atom is 0.303 e. The minimum Gasteiger partial charge on any atom is -0.463 e. The summed E-state index contributed by atoms with van der Waals surface area (Å²) in [6.45, 7) is 20.5. The highest BCUT2D eigenvalue weighted by atomic mass is 16.7. The Hall–Kier alpha value is -3.89. The van der Waals surface area contributed by atoms with E-state index in [0.717, 1.165) is 65.7 Å². The molecular formula is C47H70N4O12. The van der Waals surface area contributed by atoms with Gasteiger partial charge in [-0.15, -0.1) is 5.10 Å². The van der Waals surface area contributed by atoms with E-state index in [2.05, 4.69) is 70.2 Å². The van der Waals surface area contributed by atoms with Crippen LogP contribution >= 0.6 is 0 Å². The Bertz CT molecular complexity index is 2010. The van der Waals surface area contributed by atoms with Crippen molar-refractivity contribution in [2.75, 3.05) is 6.61 Å². The quantitative estimate of drug-likeness (QED) is 0.164. The number of fused-ring (bicyclic) bond motifs is 7. The van der Waals surface area contributed by atoms with E-state index in [1.54, 1.807) is 0 Å². The molecule has 350 valence electrons. The number of aliphatic hydroxyl groups is 2. The summed E-state index contributed by atoms with van der Waals surface area (Å²) < 4.78 is 29.4. The van der Waals surface area contributed by atoms with E-state index in [4.69, 9.17) is 23.7 Å². The predicted octanol–water partition coefficient (Wildman–Crippen LogP) is 5.28. The molecule has 0 spiro atoms. The third-order valence-corrected chi connectivity index (χ3v) is 17.3. The molecule has 7 rings (SSSR count). The van der Waals surface area contributed by atoms with Crippen LogP contribution in [0.3, 0.4) is 0 Å². The van der Waals surface area contributed by atoms with Gasteiger partial charge in [0, 0.05) is 27.7 Å². The second-order valence-corrected chi connectivity index (χ2v) is 21.8. The van der Waals surface area contributed by atoms with Gasteiger partial charge in [0.2, 0.25) is 5.91 Å². The van der Waals surface area contributed by atoms with Gasteiger partial charge < -0.3 is 39.2 Å². The zero-order valence-corrected chi connectivity index (χ0v) is 39.0. The zero-order valence-electron chi connectivity index (χ0n) is 39.0. The van der Waals surface area contributed by atoms with Gasteiger partial charge in [0.25, 0.3) is 0 Å². The van der Waals surface area contributed by atoms with Crippen LogP contribution in [0.1, 0.15) is 146 Å². The predicted molar refractivity (Wildman–Crippen MR) is 226 cm³/mol. The third kappa shape index (κ3) is 7.91. The minimum atomic E-state index is -1.39. The molecule has 63 heavy (non-hydrogen) atoms. The lowest BCUT2D eigenvalue weighted by Crippen LogP contribution is -2.68. The number of esters is 4. The van der Waals surface area contributed by atoms with Crippen LogP contribution in [-0.4, -0.2) is 98.2 Å². The van der Waals surface area contributed by atoms with Crippen LogP contribution in [0.25, 0.3) is 0 Å². The number of nitrogens with one attached hydrogen (secondary N) is 1. The topological polar surface area (TPSA) is 215 Å². The van der Waals surface area contributed by atoms with Gasteiger partial charge in [-0.3, -0.25) is 24.0 Å². The Kier molecular flexibility index (Phi) is 12.3. The average Bonchev–Trinajstić information content (AvgIpc) is 3.65. The Morgan fingerprint density at radius 3 is 2.10 bits per heavy atom. The molecule has 2 heterocycles. The fourth-order valence-corrected chi connectivity index (χ4v) is 14.0. The van der Waals surface area contributed by atoms with Gasteiger partial charge in [0.1, 0.15) is 18.4 Å². The van der Waals surface area contributed by atoms with Crippen LogP contribution in [0.2, 0.25) is 0 Å². The smallest absolute Gasteiger partial charge is 0.303 e. The zero-order chi connectivity index (χ0) is 46.2. The molecule has 4 saturated carbocycles. The van der Waals surface area contributed by atoms with Crippen LogP contribution in [0.4, 0.5) is 0 Å². The fourth-order valence-electron chi connectivity index (χ4n) is 14.0. The normalized spacial score (nSPS) is 41.2. The van der Waals surface area contributed by atoms with Gasteiger partial charge in [0.15, 0.2) is 24.5 Å². The number of carbonyl (C=O) groups excluding carboxylic acids is 5. The number of aromatic nitrogens is 3. The summed E-state index contributed by atoms with van der Waals surface area (Å²) in [5.74, 6) is -2.55. The molecule has 1 saturated heterocycles. The summed E-state index contributed by atoms with van der Waals surface area (Å²) in [6, 6.07) is 0. The van der Waals surface area contributed by atoms with Crippen molar-refractivity contribution in [3.05, 3.63) is 23.5 Å². The van der Waals surface area contributed by atoms with Gasteiger partial charge in [-0.25, -0.2) is 4.68 Å². The first-order chi connectivity index (χ1) is 29.3. The number of ether oxygens (including phenoxy) is 5. The number of rotatable bonds is 9. The number of hydrogen-bond donors (Lipinski definition) is 3. The number of amides is 1. The Labute approximate surface area is 370 Å². The van der Waals surface area contributed by atoms with E-state index in [1.165, 1.54) is 23.4 Å². The molecule has 1 aliphatic heterocycles. The summed E-state index contributed by atoms with van der Waals surface area (Å²) in [5, 5.41) is 35.5. The fraction of sp³-hybridized carbons (Fsp3) is 0.809. The maximum atomic E-state index is 15.0. The van der Waals surface area contributed by atoms with Crippen molar-refractivity contribution in [1.82, 2.24) is 20.3 Å². The molecule has 3 N–H and O–H groups in total. The lowest BCUT2D eigenvalue weighted by atomic mass is 9.33. The first-order valence-corrected chi connectivity index (χ1v) is 22.9. The standard InChI is InChI=1S/C47H70N4O12/c1-25(52)59-24-32-37(60-26(2)53)38(61-27(3)54)39(62-28(4)55)40(63-32)51-23-29(49-50-51)22-48-41(58)47-19-18-42(5,6)20-31(47)30-12-13-34-44(9)16-15-35(56)43(7,8)33(44)14-17-45(34,10)46(30,11)21-36(47)57/h12,23,31-40,56-57H,13-22,24H2,1-11H3,(H,48,58)/t31-,32+,33-,34+,35-,36+,37+,38-,39+,40+,44-,45+,46+,47+/m0/s1. The van der Waals surface area contributed by atoms with Crippen molar-refractivity contribution in [1.29, 1.82) is 0 Å². The Morgan fingerprint density at radius 1 is 0.794 bits per heavy atom. The molecular weight excluding hydrogens is 813 g/mol. The number of nitrogens with zero attached hydrogens (tertiary/aromatic N) is 3. The molecule has 16 nitrogen and oxygen atoms in total. The monoisotopic (exact) mass is 882 g/mol. The minimum absolute atomic E-state index is 0.0381. The molecule has 0 radical (unpaired) electrons. The highest BCUT2D eigenvalue weighted by Crippen LogP contribution is 2.75. The van der Waals surface area contributed by atoms with Crippen molar-refractivity contribution < 1.29 is 57.9 Å². The molecule has 0 unspecified atom stereocenters. The summed E-state index contributed by atoms with van der Waals surface area (Å²) in [5.41, 5.74) is -0.0783. The molecule has 1 aromatic heterocycles. The van der Waals surface area contributed by atoms with E-state index in [0.29, 0.717) is 30.4 Å². The van der Waals surface area contributed by atoms with Crippen molar-refractivity contribution >= 4 is 29.8 Å². The summed E-state index contributed by atoms with van der Waals surface area (Å²) in [7, 11) is 0. The van der Waals surface area contributed by atoms with E-state index in [1.807, 2.05) is 0 Å². The van der Waals surface area contributed by atoms with Crippen LogP contribution in [0, 0.1) is 50.2 Å². The first kappa shape index (κ1) is 47.1. The number of carbonyl (C=O) groups is 5. The van der Waals surface area contributed by atoms with Gasteiger partial charge in [-0.2, -0.15) is 0 Å². The Balaban J connectivity index is 1.17. The lowest BCUT2D eigenvalue weighted by molar-refractivity contribution is -0.270. The molecule has 5 aliphatic carbocycles. The summed E-state index contributed by atoms with van der Waals surface area (Å²) in [4.78, 5) is 63.8. The molecule has 1 amide bonds. The number of aliphatic hydroxyl groups excluding tert-OH is 2. The van der Waals surface area contributed by atoms with E-state index < -0.39 is 72.6 Å². The lowest BCUT2D eigenvalue weighted by Gasteiger charge is -2.71. The molecule has 6 aliphatic rings. The Morgan fingerprint density at radius 2 is 1.44 bits per heavy atom. The largest absolute Gasteiger partial charge is 0.463 e. The third-order valence-electron chi connectivity index (χ3n) is 17.3. The summed E-state index contributed by atoms with van der Waals surface area (Å²) >= 11 is 0. The van der Waals surface area contributed by atoms with Gasteiger partial charge >= 0.3 is 23.9 Å². The van der Waals surface area contributed by atoms with E-state index in [-0.39, 0.29) is 51.5 Å². The molecule has 14 atom stereocenters. The first-order valence-electron chi connectivity index (χ1n) is 22.9. The summed E-state index contributed by atoms with van der Waals surface area (Å²) in [6.07, 6.45) is 3.39. The second-order valence-electron chi connectivity index (χ2n) is 21.8. The number of hydrogen-bond acceptors (Lipinski definition) is 14. The molecule has 0 aromatic carbocycles. The van der Waals surface area contributed by atoms with Gasteiger partial charge in [-0.1, -0.05) is 65.3 Å². The highest BCUT2D eigenvalue weighted by molar-refractivity contribution is 5.85. The van der Waals surface area contributed by atoms with Crippen LogP contribution in [0.15, 0.2) is 17.8 Å². The highest BCUT2D eigenvalue weighted by Gasteiger charge is 2.71. The van der Waals surface area contributed by atoms with Crippen LogP contribution in [-0.2, 0) is 54.2 Å². The second kappa shape index (κ2) is 16.5. The van der Waals surface area contributed by atoms with Crippen molar-refractivity contribution in [2.24, 2.45) is 50.2 Å². The number of allylic oxidation sites excluding steroid dienone is 2. The maximum absolute atomic E-state index is 15.0. The molecule has 0 bridgehead atoms.